The maximum absolute atomic E-state index is 12.6. The van der Waals surface area contributed by atoms with Gasteiger partial charge < -0.3 is 14.6 Å². The van der Waals surface area contributed by atoms with Crippen LogP contribution in [0.2, 0.25) is 0 Å². The summed E-state index contributed by atoms with van der Waals surface area (Å²) >= 11 is 0. The number of benzene rings is 3. The van der Waals surface area contributed by atoms with Gasteiger partial charge in [-0.05, 0) is 37.3 Å². The molecular formula is C24H23N3O2. The molecule has 0 spiro atoms. The summed E-state index contributed by atoms with van der Waals surface area (Å²) in [6.07, 6.45) is 0. The second-order valence-corrected chi connectivity index (χ2v) is 6.97. The van der Waals surface area contributed by atoms with E-state index in [4.69, 9.17) is 9.72 Å². The van der Waals surface area contributed by atoms with Crippen LogP contribution in [-0.2, 0) is 13.1 Å². The van der Waals surface area contributed by atoms with Crippen molar-refractivity contribution in [1.29, 1.82) is 0 Å². The minimum atomic E-state index is -0.107. The first-order valence-electron chi connectivity index (χ1n) is 9.56. The number of hydrogen-bond acceptors (Lipinski definition) is 3. The molecule has 0 atom stereocenters. The highest BCUT2D eigenvalue weighted by Gasteiger charge is 2.14. The molecule has 0 radical (unpaired) electrons. The fourth-order valence-electron chi connectivity index (χ4n) is 3.49. The molecule has 0 aliphatic heterocycles. The predicted molar refractivity (Wildman–Crippen MR) is 114 cm³/mol. The maximum Gasteiger partial charge on any atom is 0.251 e. The minimum Gasteiger partial charge on any atom is -0.496 e. The molecule has 146 valence electrons. The number of nitrogens with zero attached hydrogens (tertiary/aromatic N) is 2. The van der Waals surface area contributed by atoms with Crippen LogP contribution < -0.4 is 10.1 Å². The van der Waals surface area contributed by atoms with Gasteiger partial charge in [0.1, 0.15) is 11.6 Å². The number of aromatic nitrogens is 2. The van der Waals surface area contributed by atoms with Crippen molar-refractivity contribution >= 4 is 16.9 Å². The average molecular weight is 385 g/mol. The largest absolute Gasteiger partial charge is 0.496 e. The van der Waals surface area contributed by atoms with Crippen LogP contribution in [0.25, 0.3) is 11.0 Å². The molecule has 0 saturated carbocycles. The van der Waals surface area contributed by atoms with Gasteiger partial charge in [-0.2, -0.15) is 0 Å². The summed E-state index contributed by atoms with van der Waals surface area (Å²) in [5.41, 5.74) is 4.70. The van der Waals surface area contributed by atoms with Crippen LogP contribution in [0.4, 0.5) is 0 Å². The van der Waals surface area contributed by atoms with Crippen LogP contribution in [-0.4, -0.2) is 22.6 Å². The predicted octanol–water partition coefficient (Wildman–Crippen LogP) is 4.33. The molecule has 29 heavy (non-hydrogen) atoms. The number of carbonyl (C=O) groups excluding carboxylic acids is 1. The van der Waals surface area contributed by atoms with E-state index in [0.29, 0.717) is 18.7 Å². The molecule has 4 aromatic rings. The molecular weight excluding hydrogens is 362 g/mol. The van der Waals surface area contributed by atoms with Gasteiger partial charge in [-0.1, -0.05) is 48.0 Å². The Morgan fingerprint density at radius 2 is 1.83 bits per heavy atom. The first-order chi connectivity index (χ1) is 14.2. The standard InChI is InChI=1S/C24H23N3O2/c1-17-8-7-10-18(14-17)24(28)25-15-23-26-20-11-4-5-12-21(20)27(23)16-19-9-3-6-13-22(19)29-2/h3-14H,15-16H2,1-2H3,(H,25,28). The van der Waals surface area contributed by atoms with E-state index in [1.54, 1.807) is 7.11 Å². The number of amides is 1. The quantitative estimate of drug-likeness (QED) is 0.537. The molecule has 1 heterocycles. The molecule has 5 nitrogen and oxygen atoms in total. The number of carbonyl (C=O) groups is 1. The van der Waals surface area contributed by atoms with Gasteiger partial charge in [0.05, 0.1) is 31.2 Å². The number of methoxy groups -OCH3 is 1. The van der Waals surface area contributed by atoms with Crippen molar-refractivity contribution in [2.75, 3.05) is 7.11 Å². The van der Waals surface area contributed by atoms with Gasteiger partial charge in [0.15, 0.2) is 0 Å². The Morgan fingerprint density at radius 1 is 1.03 bits per heavy atom. The normalized spacial score (nSPS) is 10.8. The van der Waals surface area contributed by atoms with E-state index in [1.165, 1.54) is 0 Å². The van der Waals surface area contributed by atoms with Crippen LogP contribution >= 0.6 is 0 Å². The molecule has 3 aromatic carbocycles. The summed E-state index contributed by atoms with van der Waals surface area (Å²) in [5.74, 6) is 1.53. The Bertz CT molecular complexity index is 1160. The molecule has 4 rings (SSSR count). The number of nitrogens with one attached hydrogen (secondary N) is 1. The van der Waals surface area contributed by atoms with E-state index in [0.717, 1.165) is 33.7 Å². The minimum absolute atomic E-state index is 0.107. The summed E-state index contributed by atoms with van der Waals surface area (Å²) in [7, 11) is 1.67. The Balaban J connectivity index is 1.64. The lowest BCUT2D eigenvalue weighted by Gasteiger charge is -2.13. The summed E-state index contributed by atoms with van der Waals surface area (Å²) in [5, 5.41) is 3.00. The average Bonchev–Trinajstić information content (AvgIpc) is 3.10. The van der Waals surface area contributed by atoms with Crippen LogP contribution in [0.5, 0.6) is 5.75 Å². The topological polar surface area (TPSA) is 56.1 Å². The van der Waals surface area contributed by atoms with E-state index >= 15 is 0 Å². The molecule has 0 aliphatic rings. The van der Waals surface area contributed by atoms with E-state index in [1.807, 2.05) is 79.7 Å². The summed E-state index contributed by atoms with van der Waals surface area (Å²) in [6.45, 7) is 2.93. The third kappa shape index (κ3) is 3.99. The number of fused-ring (bicyclic) bond motifs is 1. The fourth-order valence-corrected chi connectivity index (χ4v) is 3.49. The Morgan fingerprint density at radius 3 is 2.66 bits per heavy atom. The summed E-state index contributed by atoms with van der Waals surface area (Å²) in [4.78, 5) is 17.3. The first-order valence-corrected chi connectivity index (χ1v) is 9.56. The zero-order valence-corrected chi connectivity index (χ0v) is 16.6. The van der Waals surface area contributed by atoms with Crippen molar-refractivity contribution in [2.24, 2.45) is 0 Å². The van der Waals surface area contributed by atoms with Crippen molar-refractivity contribution in [3.05, 3.63) is 95.3 Å². The van der Waals surface area contributed by atoms with Gasteiger partial charge in [0, 0.05) is 11.1 Å². The summed E-state index contributed by atoms with van der Waals surface area (Å²) in [6, 6.07) is 23.5. The Labute approximate surface area is 170 Å². The van der Waals surface area contributed by atoms with Crippen molar-refractivity contribution < 1.29 is 9.53 Å². The summed E-state index contributed by atoms with van der Waals surface area (Å²) < 4.78 is 7.64. The number of imidazole rings is 1. The Hall–Kier alpha value is -3.60. The van der Waals surface area contributed by atoms with Gasteiger partial charge in [-0.3, -0.25) is 4.79 Å². The van der Waals surface area contributed by atoms with Crippen LogP contribution in [0.3, 0.4) is 0 Å². The highest BCUT2D eigenvalue weighted by Crippen LogP contribution is 2.23. The fraction of sp³-hybridized carbons (Fsp3) is 0.167. The van der Waals surface area contributed by atoms with Crippen LogP contribution in [0.1, 0.15) is 27.3 Å². The maximum atomic E-state index is 12.6. The lowest BCUT2D eigenvalue weighted by molar-refractivity contribution is 0.0949. The van der Waals surface area contributed by atoms with E-state index in [2.05, 4.69) is 9.88 Å². The molecule has 0 unspecified atom stereocenters. The monoisotopic (exact) mass is 385 g/mol. The highest BCUT2D eigenvalue weighted by atomic mass is 16.5. The molecule has 1 aromatic heterocycles. The van der Waals surface area contributed by atoms with E-state index in [9.17, 15) is 4.79 Å². The number of ether oxygens (including phenoxy) is 1. The van der Waals surface area contributed by atoms with Crippen LogP contribution in [0.15, 0.2) is 72.8 Å². The molecule has 0 bridgehead atoms. The first kappa shape index (κ1) is 18.7. The molecule has 0 saturated heterocycles. The SMILES string of the molecule is COc1ccccc1Cn1c(CNC(=O)c2cccc(C)c2)nc2ccccc21. The lowest BCUT2D eigenvalue weighted by atomic mass is 10.1. The second kappa shape index (κ2) is 8.19. The molecule has 1 amide bonds. The zero-order valence-electron chi connectivity index (χ0n) is 16.6. The molecule has 0 aliphatic carbocycles. The van der Waals surface area contributed by atoms with Gasteiger partial charge in [-0.15, -0.1) is 0 Å². The zero-order chi connectivity index (χ0) is 20.2. The van der Waals surface area contributed by atoms with Crippen molar-refractivity contribution in [1.82, 2.24) is 14.9 Å². The van der Waals surface area contributed by atoms with Gasteiger partial charge >= 0.3 is 0 Å². The molecule has 1 N–H and O–H groups in total. The lowest BCUT2D eigenvalue weighted by Crippen LogP contribution is -2.25. The highest BCUT2D eigenvalue weighted by molar-refractivity contribution is 5.94. The van der Waals surface area contributed by atoms with Gasteiger partial charge in [0.25, 0.3) is 5.91 Å². The van der Waals surface area contributed by atoms with E-state index in [-0.39, 0.29) is 5.91 Å². The van der Waals surface area contributed by atoms with Gasteiger partial charge in [-0.25, -0.2) is 4.98 Å². The van der Waals surface area contributed by atoms with Crippen molar-refractivity contribution in [2.45, 2.75) is 20.0 Å². The number of para-hydroxylation sites is 3. The third-order valence-corrected chi connectivity index (χ3v) is 4.94. The Kier molecular flexibility index (Phi) is 5.29. The van der Waals surface area contributed by atoms with Crippen LogP contribution in [0, 0.1) is 6.92 Å². The van der Waals surface area contributed by atoms with E-state index < -0.39 is 0 Å². The molecule has 5 heteroatoms. The third-order valence-electron chi connectivity index (χ3n) is 4.94. The smallest absolute Gasteiger partial charge is 0.251 e. The van der Waals surface area contributed by atoms with Crippen molar-refractivity contribution in [3.63, 3.8) is 0 Å². The van der Waals surface area contributed by atoms with Crippen molar-refractivity contribution in [3.8, 4) is 5.75 Å². The number of rotatable bonds is 6. The number of aryl methyl sites for hydroxylation is 1. The second-order valence-electron chi connectivity index (χ2n) is 6.97. The van der Waals surface area contributed by atoms with Gasteiger partial charge in [0.2, 0.25) is 0 Å². The molecule has 0 fully saturated rings. The number of hydrogen-bond donors (Lipinski definition) is 1.